The van der Waals surface area contributed by atoms with E-state index in [0.29, 0.717) is 21.3 Å². The zero-order chi connectivity index (χ0) is 20.0. The molecule has 0 bridgehead atoms. The molecule has 2 aromatic carbocycles. The minimum Gasteiger partial charge on any atom is -0.297 e. The number of thiophene rings is 1. The van der Waals surface area contributed by atoms with Gasteiger partial charge in [0.25, 0.3) is 17.4 Å². The van der Waals surface area contributed by atoms with E-state index < -0.39 is 0 Å². The smallest absolute Gasteiger partial charge is 0.262 e. The molecule has 5 rings (SSSR count). The van der Waals surface area contributed by atoms with E-state index in [0.717, 1.165) is 10.4 Å². The van der Waals surface area contributed by atoms with Crippen LogP contribution in [0, 0.1) is 0 Å². The molecule has 1 aliphatic rings. The molecule has 1 aliphatic heterocycles. The summed E-state index contributed by atoms with van der Waals surface area (Å²) >= 11 is 1.47. The molecule has 0 unspecified atom stereocenters. The number of carbonyl (C=O) groups excluding carboxylic acids is 2. The number of amides is 2. The van der Waals surface area contributed by atoms with Gasteiger partial charge in [0.2, 0.25) is 0 Å². The second-order valence-corrected chi connectivity index (χ2v) is 7.78. The monoisotopic (exact) mass is 401 g/mol. The number of nitrogens with zero attached hydrogens (tertiary/aromatic N) is 3. The molecule has 0 saturated heterocycles. The summed E-state index contributed by atoms with van der Waals surface area (Å²) in [6.07, 6.45) is 1.48. The van der Waals surface area contributed by atoms with E-state index in [1.54, 1.807) is 24.3 Å². The Morgan fingerprint density at radius 1 is 0.828 bits per heavy atom. The Morgan fingerprint density at radius 3 is 2.17 bits per heavy atom. The van der Waals surface area contributed by atoms with Gasteiger partial charge in [-0.3, -0.25) is 23.9 Å². The molecule has 3 heterocycles. The summed E-state index contributed by atoms with van der Waals surface area (Å²) in [5.74, 6) is -0.649. The summed E-state index contributed by atoms with van der Waals surface area (Å²) in [6.45, 7) is 0.318. The van der Waals surface area contributed by atoms with Gasteiger partial charge >= 0.3 is 0 Å². The molecule has 0 fully saturated rings. The van der Waals surface area contributed by atoms with Crippen molar-refractivity contribution in [2.24, 2.45) is 0 Å². The average molecular weight is 401 g/mol. The van der Waals surface area contributed by atoms with Crippen molar-refractivity contribution in [2.45, 2.75) is 6.54 Å². The highest BCUT2D eigenvalue weighted by molar-refractivity contribution is 7.21. The highest BCUT2D eigenvalue weighted by Gasteiger charge is 2.34. The fraction of sp³-hybridized carbons (Fsp3) is 0.0909. The molecule has 142 valence electrons. The molecule has 2 aromatic heterocycles. The first-order chi connectivity index (χ1) is 14.1. The van der Waals surface area contributed by atoms with E-state index in [4.69, 9.17) is 0 Å². The van der Waals surface area contributed by atoms with Crippen LogP contribution in [0.5, 0.6) is 0 Å². The third kappa shape index (κ3) is 2.87. The Labute approximate surface area is 169 Å². The summed E-state index contributed by atoms with van der Waals surface area (Å²) in [5, 5.41) is 0.540. The largest absolute Gasteiger partial charge is 0.297 e. The van der Waals surface area contributed by atoms with Gasteiger partial charge in [0.15, 0.2) is 0 Å². The maximum atomic E-state index is 12.9. The highest BCUT2D eigenvalue weighted by atomic mass is 32.1. The van der Waals surface area contributed by atoms with Gasteiger partial charge in [0.05, 0.1) is 22.8 Å². The van der Waals surface area contributed by atoms with Crippen LogP contribution in [0.4, 0.5) is 0 Å². The van der Waals surface area contributed by atoms with Crippen LogP contribution in [0.2, 0.25) is 0 Å². The molecule has 0 atom stereocenters. The molecule has 0 aliphatic carbocycles. The van der Waals surface area contributed by atoms with Crippen molar-refractivity contribution in [3.05, 3.63) is 88.5 Å². The normalized spacial score (nSPS) is 13.3. The number of fused-ring (bicyclic) bond motifs is 2. The summed E-state index contributed by atoms with van der Waals surface area (Å²) < 4.78 is 1.45. The van der Waals surface area contributed by atoms with Crippen LogP contribution in [0.1, 0.15) is 20.7 Å². The predicted octanol–water partition coefficient (Wildman–Crippen LogP) is 3.42. The van der Waals surface area contributed by atoms with Crippen molar-refractivity contribution in [1.29, 1.82) is 0 Å². The number of rotatable bonds is 4. The van der Waals surface area contributed by atoms with Crippen LogP contribution >= 0.6 is 11.3 Å². The molecular weight excluding hydrogens is 386 g/mol. The topological polar surface area (TPSA) is 72.3 Å². The summed E-state index contributed by atoms with van der Waals surface area (Å²) in [6, 6.07) is 18.4. The van der Waals surface area contributed by atoms with Crippen molar-refractivity contribution < 1.29 is 9.59 Å². The van der Waals surface area contributed by atoms with Gasteiger partial charge in [0.1, 0.15) is 4.83 Å². The zero-order valence-electron chi connectivity index (χ0n) is 15.2. The number of aromatic nitrogens is 2. The Morgan fingerprint density at radius 2 is 1.48 bits per heavy atom. The Kier molecular flexibility index (Phi) is 4.10. The fourth-order valence-electron chi connectivity index (χ4n) is 3.51. The summed E-state index contributed by atoms with van der Waals surface area (Å²) in [7, 11) is 0. The molecule has 0 saturated carbocycles. The lowest BCUT2D eigenvalue weighted by Crippen LogP contribution is -2.35. The van der Waals surface area contributed by atoms with Crippen molar-refractivity contribution >= 4 is 33.4 Å². The van der Waals surface area contributed by atoms with Gasteiger partial charge in [-0.1, -0.05) is 42.5 Å². The maximum absolute atomic E-state index is 12.9. The molecule has 0 N–H and O–H groups in total. The molecule has 4 aromatic rings. The van der Waals surface area contributed by atoms with Crippen LogP contribution in [0.15, 0.2) is 71.8 Å². The Bertz CT molecular complexity index is 1290. The molecule has 7 heteroatoms. The van der Waals surface area contributed by atoms with Crippen molar-refractivity contribution in [3.63, 3.8) is 0 Å². The standard InChI is InChI=1S/C22H15N3O3S/c26-20-17-12-18(14-6-2-1-3-7-14)29-19(17)23-13-24(20)10-11-25-21(27)15-8-4-5-9-16(15)22(25)28/h1-9,12-13H,10-11H2. The molecule has 2 amide bonds. The van der Waals surface area contributed by atoms with Crippen LogP contribution in [0.3, 0.4) is 0 Å². The minimum absolute atomic E-state index is 0.120. The first kappa shape index (κ1) is 17.5. The second kappa shape index (κ2) is 6.79. The average Bonchev–Trinajstić information content (AvgIpc) is 3.30. The van der Waals surface area contributed by atoms with E-state index in [-0.39, 0.29) is 30.5 Å². The number of carbonyl (C=O) groups is 2. The van der Waals surface area contributed by atoms with Crippen LogP contribution in [-0.4, -0.2) is 32.8 Å². The van der Waals surface area contributed by atoms with Gasteiger partial charge in [0, 0.05) is 18.0 Å². The van der Waals surface area contributed by atoms with Crippen molar-refractivity contribution in [3.8, 4) is 10.4 Å². The minimum atomic E-state index is -0.324. The molecular formula is C22H15N3O3S. The fourth-order valence-corrected chi connectivity index (χ4v) is 4.51. The molecule has 29 heavy (non-hydrogen) atoms. The third-order valence-electron chi connectivity index (χ3n) is 5.02. The van der Waals surface area contributed by atoms with Crippen molar-refractivity contribution in [1.82, 2.24) is 14.5 Å². The first-order valence-electron chi connectivity index (χ1n) is 9.13. The number of hydrogen-bond donors (Lipinski definition) is 0. The van der Waals surface area contributed by atoms with Gasteiger partial charge in [-0.2, -0.15) is 0 Å². The van der Waals surface area contributed by atoms with Gasteiger partial charge < -0.3 is 0 Å². The lowest BCUT2D eigenvalue weighted by atomic mass is 10.1. The second-order valence-electron chi connectivity index (χ2n) is 6.75. The third-order valence-corrected chi connectivity index (χ3v) is 6.11. The first-order valence-corrected chi connectivity index (χ1v) is 9.95. The number of hydrogen-bond acceptors (Lipinski definition) is 5. The van der Waals surface area contributed by atoms with Gasteiger partial charge in [-0.05, 0) is 23.8 Å². The molecule has 0 radical (unpaired) electrons. The number of benzene rings is 2. The quantitative estimate of drug-likeness (QED) is 0.491. The zero-order valence-corrected chi connectivity index (χ0v) is 16.1. The van der Waals surface area contributed by atoms with Crippen LogP contribution in [0.25, 0.3) is 20.7 Å². The summed E-state index contributed by atoms with van der Waals surface area (Å²) in [4.78, 5) is 45.1. The lowest BCUT2D eigenvalue weighted by Gasteiger charge is -2.14. The van der Waals surface area contributed by atoms with Crippen LogP contribution in [-0.2, 0) is 6.54 Å². The molecule has 0 spiro atoms. The number of imide groups is 1. The Balaban J connectivity index is 1.42. The van der Waals surface area contributed by atoms with Crippen LogP contribution < -0.4 is 5.56 Å². The van der Waals surface area contributed by atoms with E-state index in [9.17, 15) is 14.4 Å². The maximum Gasteiger partial charge on any atom is 0.262 e. The van der Waals surface area contributed by atoms with Crippen molar-refractivity contribution in [2.75, 3.05) is 6.54 Å². The van der Waals surface area contributed by atoms with E-state index in [1.165, 1.54) is 27.1 Å². The van der Waals surface area contributed by atoms with E-state index in [2.05, 4.69) is 4.98 Å². The Hall–Kier alpha value is -3.58. The highest BCUT2D eigenvalue weighted by Crippen LogP contribution is 2.30. The lowest BCUT2D eigenvalue weighted by molar-refractivity contribution is 0.0648. The predicted molar refractivity (Wildman–Crippen MR) is 111 cm³/mol. The summed E-state index contributed by atoms with van der Waals surface area (Å²) in [5.41, 5.74) is 1.67. The van der Waals surface area contributed by atoms with Gasteiger partial charge in [-0.15, -0.1) is 11.3 Å². The van der Waals surface area contributed by atoms with E-state index >= 15 is 0 Å². The SMILES string of the molecule is O=C1c2ccccc2C(=O)N1CCn1cnc2sc(-c3ccccc3)cc2c1=O. The van der Waals surface area contributed by atoms with Gasteiger partial charge in [-0.25, -0.2) is 4.98 Å². The molecule has 6 nitrogen and oxygen atoms in total. The van der Waals surface area contributed by atoms with E-state index in [1.807, 2.05) is 36.4 Å².